The maximum Gasteiger partial charge on any atom is 2.00 e. The summed E-state index contributed by atoms with van der Waals surface area (Å²) in [4.78, 5) is 46.6. The van der Waals surface area contributed by atoms with E-state index in [-0.39, 0.29) is 19.5 Å². The molecule has 0 radical (unpaired) electrons. The summed E-state index contributed by atoms with van der Waals surface area (Å²) >= 11 is 0. The summed E-state index contributed by atoms with van der Waals surface area (Å²) in [5, 5.41) is 0. The van der Waals surface area contributed by atoms with E-state index in [1.54, 1.807) is 24.3 Å². The summed E-state index contributed by atoms with van der Waals surface area (Å²) in [6.45, 7) is 8.23. The summed E-state index contributed by atoms with van der Waals surface area (Å²) < 4.78 is 118. The molecule has 0 unspecified atom stereocenters. The minimum absolute atomic E-state index is 0. The number of aldehydes is 2. The van der Waals surface area contributed by atoms with Crippen molar-refractivity contribution in [3.63, 3.8) is 0 Å². The predicted molar refractivity (Wildman–Crippen MR) is 199 cm³/mol. The fourth-order valence-electron chi connectivity index (χ4n) is 4.03. The summed E-state index contributed by atoms with van der Waals surface area (Å²) in [5.74, 6) is 0. The second-order valence-corrected chi connectivity index (χ2v) is 15.8. The first-order valence-corrected chi connectivity index (χ1v) is 20.0. The van der Waals surface area contributed by atoms with Crippen LogP contribution in [0.15, 0.2) is 110 Å². The molecule has 0 aromatic carbocycles. The number of nitrogens with zero attached hydrogens (tertiary/aromatic N) is 6. The molecule has 6 aromatic heterocycles. The fraction of sp³-hybridized carbons (Fsp3) is 0.111. The molecule has 59 heavy (non-hydrogen) atoms. The number of hydrogen-bond acceptors (Lipinski definition) is 8. The predicted octanol–water partition coefficient (Wildman–Crippen LogP) is 14.1. The van der Waals surface area contributed by atoms with Crippen LogP contribution in [0.2, 0.25) is 0 Å². The van der Waals surface area contributed by atoms with Gasteiger partial charge in [-0.3, -0.25) is 39.5 Å². The normalized spacial score (nSPS) is 12.9. The molecule has 8 nitrogen and oxygen atoms in total. The molecule has 6 heterocycles. The molecule has 0 amide bonds. The van der Waals surface area contributed by atoms with Crippen molar-refractivity contribution in [2.75, 3.05) is 0 Å². The van der Waals surface area contributed by atoms with E-state index >= 15 is 0 Å². The van der Waals surface area contributed by atoms with E-state index in [0.29, 0.717) is 22.5 Å². The van der Waals surface area contributed by atoms with Gasteiger partial charge in [-0.15, -0.1) is 0 Å². The number of aryl methyl sites for hydroxylation is 4. The quantitative estimate of drug-likeness (QED) is 0.0727. The Labute approximate surface area is 341 Å². The number of halogens is 12. The van der Waals surface area contributed by atoms with Crippen molar-refractivity contribution in [3.8, 4) is 34.2 Å². The minimum Gasteiger partial charge on any atom is -0.298 e. The van der Waals surface area contributed by atoms with E-state index in [1.165, 1.54) is 34.6 Å². The van der Waals surface area contributed by atoms with Crippen molar-refractivity contribution < 1.29 is 79.4 Å². The van der Waals surface area contributed by atoms with Crippen LogP contribution in [-0.4, -0.2) is 42.5 Å². The van der Waals surface area contributed by atoms with Crippen LogP contribution >= 0.6 is 15.6 Å². The van der Waals surface area contributed by atoms with Gasteiger partial charge in [0, 0.05) is 48.3 Å². The molecule has 320 valence electrons. The molecule has 0 aliphatic carbocycles. The molecule has 6 aromatic rings. The first-order chi connectivity index (χ1) is 26.2. The maximum atomic E-state index is 10.6. The van der Waals surface area contributed by atoms with Crippen molar-refractivity contribution >= 4 is 28.2 Å². The van der Waals surface area contributed by atoms with Gasteiger partial charge in [0.2, 0.25) is 0 Å². The zero-order valence-corrected chi connectivity index (χ0v) is 34.4. The van der Waals surface area contributed by atoms with Gasteiger partial charge in [0.1, 0.15) is 12.6 Å². The van der Waals surface area contributed by atoms with Gasteiger partial charge in [-0.1, -0.05) is 0 Å². The summed E-state index contributed by atoms with van der Waals surface area (Å²) in [7, 11) is -21.3. The Morgan fingerprint density at radius 2 is 0.525 bits per heavy atom. The van der Waals surface area contributed by atoms with E-state index in [0.717, 1.165) is 35.3 Å². The van der Waals surface area contributed by atoms with Gasteiger partial charge in [0.15, 0.2) is 0 Å². The topological polar surface area (TPSA) is 111 Å². The van der Waals surface area contributed by atoms with Gasteiger partial charge < -0.3 is 0 Å². The number of hydrogen-bond donors (Lipinski definition) is 0. The Hall–Kier alpha value is -5.12. The summed E-state index contributed by atoms with van der Waals surface area (Å²) in [5.41, 5.74) is 10.8. The van der Waals surface area contributed by atoms with Crippen molar-refractivity contribution in [1.29, 1.82) is 0 Å². The largest absolute Gasteiger partial charge is 2.00 e. The molecule has 0 atom stereocenters. The number of rotatable bonds is 5. The van der Waals surface area contributed by atoms with Crippen LogP contribution < -0.4 is 0 Å². The molecule has 0 N–H and O–H groups in total. The second kappa shape index (κ2) is 18.9. The first-order valence-electron chi connectivity index (χ1n) is 15.9. The Bertz CT molecular complexity index is 2080. The molecule has 0 fully saturated rings. The van der Waals surface area contributed by atoms with Crippen molar-refractivity contribution in [2.24, 2.45) is 0 Å². The molecule has 0 bridgehead atoms. The minimum atomic E-state index is -10.7. The molecular formula is C36H32F12N6O2P2Ru. The third-order valence-corrected chi connectivity index (χ3v) is 6.29. The molecule has 0 aliphatic heterocycles. The smallest absolute Gasteiger partial charge is 0.298 e. The van der Waals surface area contributed by atoms with Crippen LogP contribution in [0.4, 0.5) is 50.4 Å². The zero-order valence-electron chi connectivity index (χ0n) is 30.8. The Kier molecular flexibility index (Phi) is 16.6. The monoisotopic (exact) mass is 972 g/mol. The average molecular weight is 972 g/mol. The van der Waals surface area contributed by atoms with Crippen molar-refractivity contribution in [3.05, 3.63) is 143 Å². The van der Waals surface area contributed by atoms with Crippen LogP contribution in [0.25, 0.3) is 34.2 Å². The van der Waals surface area contributed by atoms with Gasteiger partial charge in [-0.05, 0) is 123 Å². The molecule has 23 heteroatoms. The molecule has 6 rings (SSSR count). The van der Waals surface area contributed by atoms with Gasteiger partial charge in [-0.2, -0.15) is 0 Å². The number of pyridine rings is 6. The SMILES string of the molecule is Cc1ccnc(-c2cc(C)ccn2)c1.Cc1ccnc(-c2cc(C)ccn2)c1.F[P-](F)(F)(F)(F)F.F[P-](F)(F)(F)(F)F.O=Cc1ccnc(-c2cc(C=O)ccn2)c1.[Ru+2]. The van der Waals surface area contributed by atoms with Crippen LogP contribution in [0.1, 0.15) is 43.0 Å². The fourth-order valence-corrected chi connectivity index (χ4v) is 4.03. The van der Waals surface area contributed by atoms with Gasteiger partial charge in [0.05, 0.1) is 34.2 Å². The summed E-state index contributed by atoms with van der Waals surface area (Å²) in [6, 6.07) is 22.6. The van der Waals surface area contributed by atoms with E-state index in [4.69, 9.17) is 0 Å². The van der Waals surface area contributed by atoms with Crippen molar-refractivity contribution in [2.45, 2.75) is 27.7 Å². The maximum absolute atomic E-state index is 10.7. The van der Waals surface area contributed by atoms with E-state index in [2.05, 4.69) is 57.6 Å². The van der Waals surface area contributed by atoms with E-state index in [9.17, 15) is 60.0 Å². The second-order valence-electron chi connectivity index (χ2n) is 12.0. The third-order valence-electron chi connectivity index (χ3n) is 6.29. The van der Waals surface area contributed by atoms with Crippen LogP contribution in [-0.2, 0) is 19.5 Å². The van der Waals surface area contributed by atoms with Crippen LogP contribution in [0.3, 0.4) is 0 Å². The van der Waals surface area contributed by atoms with Crippen molar-refractivity contribution in [1.82, 2.24) is 29.9 Å². The van der Waals surface area contributed by atoms with Crippen LogP contribution in [0, 0.1) is 27.7 Å². The Morgan fingerprint density at radius 3 is 0.695 bits per heavy atom. The van der Waals surface area contributed by atoms with Gasteiger partial charge in [-0.25, -0.2) is 0 Å². The standard InChI is InChI=1S/C12H8N2O2.2C12H12N2.2F6P.Ru/c15-7-9-1-3-13-11(5-9)12-6-10(8-16)2-4-14-12;2*1-9-3-5-13-11(7-9)12-8-10(2)4-6-14-12;2*1-7(2,3,4,5)6;/h1-8H;2*3-8H,1-2H3;;;/q;;;2*-1;+2. The van der Waals surface area contributed by atoms with E-state index in [1.807, 2.05) is 73.3 Å². The van der Waals surface area contributed by atoms with E-state index < -0.39 is 15.6 Å². The zero-order chi connectivity index (χ0) is 44.1. The molecule has 0 aliphatic rings. The Morgan fingerprint density at radius 1 is 0.356 bits per heavy atom. The number of carbonyl (C=O) groups is 2. The number of aromatic nitrogens is 6. The van der Waals surface area contributed by atoms with Gasteiger partial charge >= 0.3 is 85.5 Å². The van der Waals surface area contributed by atoms with Gasteiger partial charge in [0.25, 0.3) is 0 Å². The molecule has 0 saturated heterocycles. The number of carbonyl (C=O) groups excluding carboxylic acids is 2. The Balaban J connectivity index is 0.000000381. The third kappa shape index (κ3) is 27.3. The van der Waals surface area contributed by atoms with Crippen LogP contribution in [0.5, 0.6) is 0 Å². The molecule has 0 spiro atoms. The average Bonchev–Trinajstić information content (AvgIpc) is 3.10. The summed E-state index contributed by atoms with van der Waals surface area (Å²) in [6.07, 6.45) is 11.8. The molecule has 0 saturated carbocycles. The first kappa shape index (κ1) is 51.9. The molecular weight excluding hydrogens is 939 g/mol.